The van der Waals surface area contributed by atoms with Crippen LogP contribution >= 0.6 is 0 Å². The summed E-state index contributed by atoms with van der Waals surface area (Å²) in [7, 11) is 0. The van der Waals surface area contributed by atoms with E-state index in [9.17, 15) is 4.79 Å². The second-order valence-electron chi connectivity index (χ2n) is 8.46. The van der Waals surface area contributed by atoms with Crippen molar-refractivity contribution in [3.63, 3.8) is 0 Å². The molecule has 2 aromatic heterocycles. The Balaban J connectivity index is 1.56. The number of hydrogen-bond acceptors (Lipinski definition) is 5. The number of anilines is 1. The van der Waals surface area contributed by atoms with Crippen LogP contribution in [0.4, 0.5) is 5.95 Å². The lowest BCUT2D eigenvalue weighted by molar-refractivity contribution is 0.285. The lowest BCUT2D eigenvalue weighted by atomic mass is 10.1. The molecule has 28 heavy (non-hydrogen) atoms. The Bertz CT molecular complexity index is 1000. The minimum atomic E-state index is -0.231. The molecule has 7 heteroatoms. The van der Waals surface area contributed by atoms with Crippen molar-refractivity contribution in [2.24, 2.45) is 0 Å². The van der Waals surface area contributed by atoms with E-state index in [-0.39, 0.29) is 11.1 Å². The van der Waals surface area contributed by atoms with Crippen LogP contribution in [0.3, 0.4) is 0 Å². The lowest BCUT2D eigenvalue weighted by Gasteiger charge is -2.23. The minimum absolute atomic E-state index is 0.124. The lowest BCUT2D eigenvalue weighted by Crippen LogP contribution is -2.33. The highest BCUT2D eigenvalue weighted by Crippen LogP contribution is 2.20. The third-order valence-electron chi connectivity index (χ3n) is 5.20. The third kappa shape index (κ3) is 3.80. The summed E-state index contributed by atoms with van der Waals surface area (Å²) in [5.74, 6) is 0.644. The van der Waals surface area contributed by atoms with Crippen molar-refractivity contribution in [1.82, 2.24) is 24.6 Å². The van der Waals surface area contributed by atoms with Gasteiger partial charge in [0, 0.05) is 32.7 Å². The predicted octanol–water partition coefficient (Wildman–Crippen LogP) is 2.59. The molecule has 0 saturated carbocycles. The van der Waals surface area contributed by atoms with Gasteiger partial charge in [0.1, 0.15) is 5.39 Å². The van der Waals surface area contributed by atoms with E-state index in [1.54, 1.807) is 6.20 Å². The number of rotatable bonds is 3. The molecular formula is C21H28N6O. The van der Waals surface area contributed by atoms with Crippen LogP contribution in [-0.4, -0.2) is 50.8 Å². The van der Waals surface area contributed by atoms with E-state index in [0.717, 1.165) is 39.1 Å². The number of H-pyrrole nitrogens is 1. The Kier molecular flexibility index (Phi) is 4.93. The van der Waals surface area contributed by atoms with Gasteiger partial charge in [0.05, 0.1) is 11.7 Å². The van der Waals surface area contributed by atoms with E-state index < -0.39 is 0 Å². The van der Waals surface area contributed by atoms with Gasteiger partial charge < -0.3 is 4.90 Å². The fraction of sp³-hybridized carbons (Fsp3) is 0.476. The molecule has 0 unspecified atom stereocenters. The largest absolute Gasteiger partial charge is 0.341 e. The smallest absolute Gasteiger partial charge is 0.263 e. The Morgan fingerprint density at radius 2 is 1.86 bits per heavy atom. The molecule has 0 spiro atoms. The van der Waals surface area contributed by atoms with Crippen LogP contribution in [0.1, 0.15) is 32.8 Å². The quantitative estimate of drug-likeness (QED) is 0.756. The van der Waals surface area contributed by atoms with Crippen LogP contribution < -0.4 is 10.5 Å². The van der Waals surface area contributed by atoms with Gasteiger partial charge in [-0.2, -0.15) is 10.1 Å². The highest BCUT2D eigenvalue weighted by molar-refractivity contribution is 5.74. The summed E-state index contributed by atoms with van der Waals surface area (Å²) in [6.45, 7) is 10.8. The predicted molar refractivity (Wildman–Crippen MR) is 112 cm³/mol. The molecule has 0 radical (unpaired) electrons. The molecule has 1 aliphatic heterocycles. The Labute approximate surface area is 165 Å². The van der Waals surface area contributed by atoms with Crippen molar-refractivity contribution < 1.29 is 0 Å². The summed E-state index contributed by atoms with van der Waals surface area (Å²) in [4.78, 5) is 25.0. The van der Waals surface area contributed by atoms with Crippen molar-refractivity contribution in [3.05, 3.63) is 52.4 Å². The fourth-order valence-corrected chi connectivity index (χ4v) is 3.73. The molecule has 0 amide bonds. The van der Waals surface area contributed by atoms with E-state index in [0.29, 0.717) is 17.0 Å². The van der Waals surface area contributed by atoms with Crippen molar-refractivity contribution >= 4 is 17.0 Å². The molecule has 0 atom stereocenters. The highest BCUT2D eigenvalue weighted by Gasteiger charge is 2.22. The monoisotopic (exact) mass is 380 g/mol. The standard InChI is InChI=1S/C21H28N6O/c1-21(2,3)27-18-17(14-22-27)19(28)24-20(23-18)26-11-7-10-25(12-13-26)15-16-8-5-4-6-9-16/h4-6,8-9,14H,7,10-13,15H2,1-3H3,(H,23,24,28). The van der Waals surface area contributed by atoms with Crippen LogP contribution in [0.2, 0.25) is 0 Å². The molecule has 7 nitrogen and oxygen atoms in total. The molecule has 1 saturated heterocycles. The maximum atomic E-state index is 12.6. The van der Waals surface area contributed by atoms with Crippen molar-refractivity contribution in [1.29, 1.82) is 0 Å². The van der Waals surface area contributed by atoms with E-state index in [1.807, 2.05) is 10.7 Å². The van der Waals surface area contributed by atoms with Crippen LogP contribution in [-0.2, 0) is 12.1 Å². The SMILES string of the molecule is CC(C)(C)n1ncc2c(=O)[nH]c(N3CCCN(Cc4ccccc4)CC3)nc21. The number of nitrogens with one attached hydrogen (secondary N) is 1. The second-order valence-corrected chi connectivity index (χ2v) is 8.46. The highest BCUT2D eigenvalue weighted by atomic mass is 16.1. The van der Waals surface area contributed by atoms with Crippen LogP contribution in [0, 0.1) is 0 Å². The molecule has 1 N–H and O–H groups in total. The summed E-state index contributed by atoms with van der Waals surface area (Å²) >= 11 is 0. The van der Waals surface area contributed by atoms with E-state index in [2.05, 4.69) is 64.9 Å². The first-order valence-electron chi connectivity index (χ1n) is 9.91. The molecule has 1 fully saturated rings. The zero-order valence-electron chi connectivity index (χ0n) is 16.9. The first-order valence-corrected chi connectivity index (χ1v) is 9.91. The summed E-state index contributed by atoms with van der Waals surface area (Å²) in [5, 5.41) is 4.94. The maximum Gasteiger partial charge on any atom is 0.263 e. The molecule has 148 valence electrons. The molecular weight excluding hydrogens is 352 g/mol. The van der Waals surface area contributed by atoms with E-state index in [4.69, 9.17) is 4.98 Å². The van der Waals surface area contributed by atoms with Crippen LogP contribution in [0.5, 0.6) is 0 Å². The van der Waals surface area contributed by atoms with Gasteiger partial charge in [-0.15, -0.1) is 0 Å². The normalized spacial score (nSPS) is 16.5. The zero-order chi connectivity index (χ0) is 19.7. The summed E-state index contributed by atoms with van der Waals surface area (Å²) in [5.41, 5.74) is 1.63. The van der Waals surface area contributed by atoms with E-state index in [1.165, 1.54) is 5.56 Å². The third-order valence-corrected chi connectivity index (χ3v) is 5.20. The number of benzene rings is 1. The van der Waals surface area contributed by atoms with Crippen molar-refractivity contribution in [2.75, 3.05) is 31.1 Å². The summed E-state index contributed by atoms with van der Waals surface area (Å²) in [6.07, 6.45) is 2.65. The molecule has 0 bridgehead atoms. The Hall–Kier alpha value is -2.67. The maximum absolute atomic E-state index is 12.6. The average Bonchev–Trinajstić information content (AvgIpc) is 2.97. The number of aromatic amines is 1. The molecule has 3 aromatic rings. The first kappa shape index (κ1) is 18.7. The minimum Gasteiger partial charge on any atom is -0.341 e. The first-order chi connectivity index (χ1) is 13.4. The molecule has 0 aliphatic carbocycles. The topological polar surface area (TPSA) is 70.1 Å². The van der Waals surface area contributed by atoms with Gasteiger partial charge in [-0.05, 0) is 32.8 Å². The average molecular weight is 380 g/mol. The number of nitrogens with zero attached hydrogens (tertiary/aromatic N) is 5. The van der Waals surface area contributed by atoms with Gasteiger partial charge in [0.15, 0.2) is 5.65 Å². The molecule has 3 heterocycles. The van der Waals surface area contributed by atoms with Gasteiger partial charge in [-0.1, -0.05) is 30.3 Å². The van der Waals surface area contributed by atoms with Crippen molar-refractivity contribution in [3.8, 4) is 0 Å². The van der Waals surface area contributed by atoms with Gasteiger partial charge in [0.2, 0.25) is 5.95 Å². The summed E-state index contributed by atoms with van der Waals surface area (Å²) in [6, 6.07) is 10.6. The van der Waals surface area contributed by atoms with Crippen LogP contribution in [0.25, 0.3) is 11.0 Å². The Morgan fingerprint density at radius 1 is 1.07 bits per heavy atom. The van der Waals surface area contributed by atoms with Gasteiger partial charge in [0.25, 0.3) is 5.56 Å². The molecule has 1 aromatic carbocycles. The number of fused-ring (bicyclic) bond motifs is 1. The fourth-order valence-electron chi connectivity index (χ4n) is 3.73. The van der Waals surface area contributed by atoms with Gasteiger partial charge in [-0.25, -0.2) is 4.68 Å². The number of hydrogen-bond donors (Lipinski definition) is 1. The second kappa shape index (κ2) is 7.39. The molecule has 1 aliphatic rings. The van der Waals surface area contributed by atoms with Gasteiger partial charge >= 0.3 is 0 Å². The summed E-state index contributed by atoms with van der Waals surface area (Å²) < 4.78 is 1.83. The number of aromatic nitrogens is 4. The van der Waals surface area contributed by atoms with Crippen LogP contribution in [0.15, 0.2) is 41.3 Å². The van der Waals surface area contributed by atoms with Gasteiger partial charge in [-0.3, -0.25) is 14.7 Å². The Morgan fingerprint density at radius 3 is 2.61 bits per heavy atom. The molecule has 4 rings (SSSR count). The van der Waals surface area contributed by atoms with Crippen molar-refractivity contribution in [2.45, 2.75) is 39.3 Å². The zero-order valence-corrected chi connectivity index (χ0v) is 16.9. The van der Waals surface area contributed by atoms with E-state index >= 15 is 0 Å².